The van der Waals surface area contributed by atoms with Crippen LogP contribution in [0.2, 0.25) is 0 Å². The minimum atomic E-state index is -0.261. The van der Waals surface area contributed by atoms with Crippen LogP contribution in [-0.4, -0.2) is 6.08 Å². The molecule has 0 unspecified atom stereocenters. The maximum Gasteiger partial charge on any atom is 0.235 e. The first-order valence-corrected chi connectivity index (χ1v) is 6.96. The monoisotopic (exact) mass is 241 g/mol. The molecule has 0 radical (unpaired) electrons. The molecule has 2 aliphatic rings. The van der Waals surface area contributed by atoms with Crippen LogP contribution in [0.1, 0.15) is 56.1 Å². The molecule has 2 nitrogen and oxygen atoms in total. The molecule has 2 aliphatic carbocycles. The molecule has 0 heterocycles. The molecule has 1 saturated carbocycles. The van der Waals surface area contributed by atoms with E-state index in [2.05, 4.69) is 36.2 Å². The molecule has 0 saturated heterocycles. The fourth-order valence-corrected chi connectivity index (χ4v) is 4.06. The summed E-state index contributed by atoms with van der Waals surface area (Å²) >= 11 is 0. The van der Waals surface area contributed by atoms with Crippen molar-refractivity contribution in [2.24, 2.45) is 10.9 Å². The van der Waals surface area contributed by atoms with Crippen molar-refractivity contribution < 1.29 is 4.79 Å². The summed E-state index contributed by atoms with van der Waals surface area (Å²) in [5, 5.41) is 0. The van der Waals surface area contributed by atoms with Crippen molar-refractivity contribution in [2.45, 2.75) is 50.5 Å². The summed E-state index contributed by atoms with van der Waals surface area (Å²) in [5.74, 6) is 1.11. The Morgan fingerprint density at radius 1 is 1.33 bits per heavy atom. The number of aliphatic imine (C=N–C) groups is 1. The summed E-state index contributed by atoms with van der Waals surface area (Å²) in [5.41, 5.74) is 2.41. The van der Waals surface area contributed by atoms with E-state index in [1.807, 2.05) is 6.08 Å². The van der Waals surface area contributed by atoms with Crippen LogP contribution in [0.4, 0.5) is 0 Å². The van der Waals surface area contributed by atoms with Crippen molar-refractivity contribution in [3.05, 3.63) is 35.4 Å². The van der Waals surface area contributed by atoms with E-state index in [-0.39, 0.29) is 5.54 Å². The Kier molecular flexibility index (Phi) is 2.83. The van der Waals surface area contributed by atoms with Gasteiger partial charge in [-0.1, -0.05) is 44.0 Å². The van der Waals surface area contributed by atoms with Gasteiger partial charge in [-0.15, -0.1) is 0 Å². The molecule has 0 aromatic heterocycles. The molecule has 0 aliphatic heterocycles. The van der Waals surface area contributed by atoms with Gasteiger partial charge in [-0.05, 0) is 42.2 Å². The normalized spacial score (nSPS) is 34.1. The zero-order valence-corrected chi connectivity index (χ0v) is 10.9. The summed E-state index contributed by atoms with van der Waals surface area (Å²) in [7, 11) is 0. The van der Waals surface area contributed by atoms with Gasteiger partial charge >= 0.3 is 0 Å². The van der Waals surface area contributed by atoms with Gasteiger partial charge in [0.2, 0.25) is 6.08 Å². The zero-order valence-electron chi connectivity index (χ0n) is 10.9. The molecule has 1 aromatic rings. The summed E-state index contributed by atoms with van der Waals surface area (Å²) < 4.78 is 0. The Hall–Kier alpha value is -1.40. The molecule has 1 aromatic carbocycles. The molecule has 0 amide bonds. The van der Waals surface area contributed by atoms with E-state index in [0.29, 0.717) is 11.8 Å². The average Bonchev–Trinajstić information content (AvgIpc) is 2.41. The predicted molar refractivity (Wildman–Crippen MR) is 71.2 cm³/mol. The zero-order chi connectivity index (χ0) is 12.6. The van der Waals surface area contributed by atoms with E-state index in [1.165, 1.54) is 30.4 Å². The minimum absolute atomic E-state index is 0.261. The van der Waals surface area contributed by atoms with Gasteiger partial charge in [0.25, 0.3) is 0 Å². The number of rotatable bonds is 1. The lowest BCUT2D eigenvalue weighted by molar-refractivity contribution is 0.157. The van der Waals surface area contributed by atoms with Gasteiger partial charge in [0.1, 0.15) is 5.54 Å². The fourth-order valence-electron chi connectivity index (χ4n) is 4.06. The first kappa shape index (κ1) is 11.7. The van der Waals surface area contributed by atoms with Crippen molar-refractivity contribution in [3.63, 3.8) is 0 Å². The summed E-state index contributed by atoms with van der Waals surface area (Å²) in [6, 6.07) is 8.54. The Morgan fingerprint density at radius 2 is 2.17 bits per heavy atom. The van der Waals surface area contributed by atoms with E-state index in [9.17, 15) is 4.79 Å². The molecule has 94 valence electrons. The highest BCUT2D eigenvalue weighted by Crippen LogP contribution is 2.53. The summed E-state index contributed by atoms with van der Waals surface area (Å²) in [6.07, 6.45) is 7.67. The molecular weight excluding hydrogens is 222 g/mol. The Bertz CT molecular complexity index is 504. The molecule has 1 fully saturated rings. The van der Waals surface area contributed by atoms with Gasteiger partial charge in [0, 0.05) is 0 Å². The number of hydrogen-bond donors (Lipinski definition) is 0. The minimum Gasteiger partial charge on any atom is -0.211 e. The Labute approximate surface area is 108 Å². The van der Waals surface area contributed by atoms with Crippen molar-refractivity contribution >= 4 is 6.08 Å². The maximum atomic E-state index is 10.9. The Morgan fingerprint density at radius 3 is 3.00 bits per heavy atom. The van der Waals surface area contributed by atoms with Crippen LogP contribution in [-0.2, 0) is 10.3 Å². The highest BCUT2D eigenvalue weighted by Gasteiger charge is 2.47. The SMILES string of the molecule is C[C@@H]1C[C@@H]2CCCC[C@]2(N=C=O)c2ccccc21. The van der Waals surface area contributed by atoms with Gasteiger partial charge in [-0.3, -0.25) is 0 Å². The van der Waals surface area contributed by atoms with Crippen LogP contribution in [0.25, 0.3) is 0 Å². The van der Waals surface area contributed by atoms with Gasteiger partial charge in [0.15, 0.2) is 0 Å². The molecule has 0 spiro atoms. The summed E-state index contributed by atoms with van der Waals surface area (Å²) in [4.78, 5) is 15.2. The standard InChI is InChI=1S/C16H19NO/c1-12-10-13-6-4-5-9-16(13,17-11-18)15-8-3-2-7-14(12)15/h2-3,7-8,12-13H,4-6,9-10H2,1H3/t12-,13+,16-/m1/s1. The third kappa shape index (κ3) is 1.56. The number of hydrogen-bond acceptors (Lipinski definition) is 2. The van der Waals surface area contributed by atoms with E-state index < -0.39 is 0 Å². The number of fused-ring (bicyclic) bond motifs is 3. The van der Waals surface area contributed by atoms with Crippen LogP contribution >= 0.6 is 0 Å². The van der Waals surface area contributed by atoms with Crippen LogP contribution in [0, 0.1) is 5.92 Å². The van der Waals surface area contributed by atoms with Gasteiger partial charge in [-0.25, -0.2) is 4.79 Å². The van der Waals surface area contributed by atoms with Crippen LogP contribution < -0.4 is 0 Å². The van der Waals surface area contributed by atoms with E-state index in [1.54, 1.807) is 0 Å². The van der Waals surface area contributed by atoms with Gasteiger partial charge in [0.05, 0.1) is 0 Å². The second kappa shape index (κ2) is 4.37. The molecule has 3 rings (SSSR count). The number of carbonyl (C=O) groups excluding carboxylic acids is 1. The average molecular weight is 241 g/mol. The molecular formula is C16H19NO. The number of isocyanates is 1. The second-order valence-electron chi connectivity index (χ2n) is 5.79. The molecule has 2 heteroatoms. The van der Waals surface area contributed by atoms with Crippen LogP contribution in [0.5, 0.6) is 0 Å². The molecule has 0 N–H and O–H groups in total. The van der Waals surface area contributed by atoms with Crippen molar-refractivity contribution in [1.82, 2.24) is 0 Å². The lowest BCUT2D eigenvalue weighted by atomic mass is 9.60. The van der Waals surface area contributed by atoms with Crippen molar-refractivity contribution in [1.29, 1.82) is 0 Å². The highest BCUT2D eigenvalue weighted by atomic mass is 16.1. The second-order valence-corrected chi connectivity index (χ2v) is 5.79. The molecule has 18 heavy (non-hydrogen) atoms. The van der Waals surface area contributed by atoms with E-state index in [0.717, 1.165) is 12.8 Å². The first-order chi connectivity index (χ1) is 8.78. The van der Waals surface area contributed by atoms with E-state index in [4.69, 9.17) is 0 Å². The molecule has 0 bridgehead atoms. The largest absolute Gasteiger partial charge is 0.235 e. The van der Waals surface area contributed by atoms with Gasteiger partial charge < -0.3 is 0 Å². The highest BCUT2D eigenvalue weighted by molar-refractivity contribution is 5.45. The molecule has 3 atom stereocenters. The van der Waals surface area contributed by atoms with Crippen LogP contribution in [0.15, 0.2) is 29.3 Å². The quantitative estimate of drug-likeness (QED) is 0.541. The summed E-state index contributed by atoms with van der Waals surface area (Å²) in [6.45, 7) is 2.29. The first-order valence-electron chi connectivity index (χ1n) is 6.96. The fraction of sp³-hybridized carbons (Fsp3) is 0.562. The smallest absolute Gasteiger partial charge is 0.211 e. The lowest BCUT2D eigenvalue weighted by Crippen LogP contribution is -2.41. The third-order valence-electron chi connectivity index (χ3n) is 4.88. The van der Waals surface area contributed by atoms with Gasteiger partial charge in [-0.2, -0.15) is 4.99 Å². The number of benzene rings is 1. The van der Waals surface area contributed by atoms with E-state index >= 15 is 0 Å². The topological polar surface area (TPSA) is 29.4 Å². The van der Waals surface area contributed by atoms with Crippen LogP contribution in [0.3, 0.4) is 0 Å². The maximum absolute atomic E-state index is 10.9. The van der Waals surface area contributed by atoms with Crippen molar-refractivity contribution in [3.8, 4) is 0 Å². The lowest BCUT2D eigenvalue weighted by Gasteiger charge is -2.46. The van der Waals surface area contributed by atoms with Crippen molar-refractivity contribution in [2.75, 3.05) is 0 Å². The predicted octanol–water partition coefficient (Wildman–Crippen LogP) is 3.92. The Balaban J connectivity index is 2.20. The number of nitrogens with zero attached hydrogens (tertiary/aromatic N) is 1. The third-order valence-corrected chi connectivity index (χ3v) is 4.88.